The van der Waals surface area contributed by atoms with Crippen LogP contribution in [0.15, 0.2) is 67.3 Å². The van der Waals surface area contributed by atoms with Crippen molar-refractivity contribution in [2.75, 3.05) is 0 Å². The lowest BCUT2D eigenvalue weighted by atomic mass is 9.98. The highest BCUT2D eigenvalue weighted by molar-refractivity contribution is 6.33. The van der Waals surface area contributed by atoms with E-state index in [1.165, 1.54) is 18.5 Å². The van der Waals surface area contributed by atoms with Crippen LogP contribution in [0.25, 0.3) is 33.3 Å². The molecule has 0 radical (unpaired) electrons. The number of benzene rings is 2. The quantitative estimate of drug-likeness (QED) is 0.428. The maximum Gasteiger partial charge on any atom is 0.573 e. The SMILES string of the molecule is FC(F)(F)Oc1ccc(Cl)c(-c2ncccc2-c2ccc3ncncc3c2)c1. The second-order valence-electron chi connectivity index (χ2n) is 5.89. The third-order valence-corrected chi connectivity index (χ3v) is 4.38. The first-order valence-electron chi connectivity index (χ1n) is 8.11. The molecule has 0 saturated heterocycles. The number of ether oxygens (including phenoxy) is 1. The first-order valence-corrected chi connectivity index (χ1v) is 8.49. The van der Waals surface area contributed by atoms with E-state index in [9.17, 15) is 13.2 Å². The van der Waals surface area contributed by atoms with Crippen molar-refractivity contribution in [3.8, 4) is 28.1 Å². The van der Waals surface area contributed by atoms with Gasteiger partial charge in [-0.15, -0.1) is 13.2 Å². The third-order valence-electron chi connectivity index (χ3n) is 4.05. The number of nitrogens with zero attached hydrogens (tertiary/aromatic N) is 3. The fraction of sp³-hybridized carbons (Fsp3) is 0.0500. The monoisotopic (exact) mass is 401 g/mol. The molecule has 2 aromatic heterocycles. The largest absolute Gasteiger partial charge is 0.573 e. The molecule has 8 heteroatoms. The molecule has 2 heterocycles. The summed E-state index contributed by atoms with van der Waals surface area (Å²) in [7, 11) is 0. The molecular formula is C20H11ClF3N3O. The minimum atomic E-state index is -4.80. The molecule has 0 amide bonds. The van der Waals surface area contributed by atoms with Crippen LogP contribution in [0.4, 0.5) is 13.2 Å². The molecular weight excluding hydrogens is 391 g/mol. The van der Waals surface area contributed by atoms with Crippen molar-refractivity contribution in [3.63, 3.8) is 0 Å². The molecule has 0 N–H and O–H groups in total. The van der Waals surface area contributed by atoms with Gasteiger partial charge in [-0.1, -0.05) is 23.7 Å². The third kappa shape index (κ3) is 3.75. The Balaban J connectivity index is 1.85. The average molecular weight is 402 g/mol. The van der Waals surface area contributed by atoms with E-state index in [0.717, 1.165) is 22.5 Å². The van der Waals surface area contributed by atoms with Gasteiger partial charge in [-0.3, -0.25) is 4.98 Å². The molecule has 4 rings (SSSR count). The van der Waals surface area contributed by atoms with E-state index >= 15 is 0 Å². The number of halogens is 4. The summed E-state index contributed by atoms with van der Waals surface area (Å²) in [4.78, 5) is 12.6. The number of hydrogen-bond acceptors (Lipinski definition) is 4. The highest BCUT2D eigenvalue weighted by atomic mass is 35.5. The molecule has 0 bridgehead atoms. The molecule has 0 unspecified atom stereocenters. The van der Waals surface area contributed by atoms with Gasteiger partial charge in [0.05, 0.1) is 16.2 Å². The molecule has 0 atom stereocenters. The fourth-order valence-electron chi connectivity index (χ4n) is 2.89. The molecule has 4 aromatic rings. The van der Waals surface area contributed by atoms with Crippen LogP contribution < -0.4 is 4.74 Å². The van der Waals surface area contributed by atoms with Crippen molar-refractivity contribution < 1.29 is 17.9 Å². The molecule has 0 fully saturated rings. The maximum absolute atomic E-state index is 12.6. The van der Waals surface area contributed by atoms with Gasteiger partial charge in [-0.2, -0.15) is 0 Å². The second kappa shape index (κ2) is 7.09. The van der Waals surface area contributed by atoms with Crippen molar-refractivity contribution in [2.45, 2.75) is 6.36 Å². The molecule has 0 aliphatic carbocycles. The highest BCUT2D eigenvalue weighted by Crippen LogP contribution is 2.38. The molecule has 140 valence electrons. The summed E-state index contributed by atoms with van der Waals surface area (Å²) >= 11 is 6.26. The number of fused-ring (bicyclic) bond motifs is 1. The number of alkyl halides is 3. The lowest BCUT2D eigenvalue weighted by Gasteiger charge is -2.14. The van der Waals surface area contributed by atoms with Crippen LogP contribution in [0.1, 0.15) is 0 Å². The van der Waals surface area contributed by atoms with E-state index < -0.39 is 6.36 Å². The molecule has 2 aromatic carbocycles. The smallest absolute Gasteiger partial charge is 0.406 e. The Kier molecular flexibility index (Phi) is 4.60. The summed E-state index contributed by atoms with van der Waals surface area (Å²) < 4.78 is 41.8. The molecule has 4 nitrogen and oxygen atoms in total. The first kappa shape index (κ1) is 18.2. The Labute approximate surface area is 162 Å². The Morgan fingerprint density at radius 1 is 0.929 bits per heavy atom. The van der Waals surface area contributed by atoms with Crippen molar-refractivity contribution in [3.05, 3.63) is 72.3 Å². The van der Waals surface area contributed by atoms with Crippen LogP contribution in [0.2, 0.25) is 5.02 Å². The number of aromatic nitrogens is 3. The summed E-state index contributed by atoms with van der Waals surface area (Å²) in [5.41, 5.74) is 3.07. The molecule has 0 spiro atoms. The fourth-order valence-corrected chi connectivity index (χ4v) is 3.10. The van der Waals surface area contributed by atoms with Crippen LogP contribution in [0.3, 0.4) is 0 Å². The van der Waals surface area contributed by atoms with Gasteiger partial charge in [0.2, 0.25) is 0 Å². The van der Waals surface area contributed by atoms with Gasteiger partial charge in [0.15, 0.2) is 0 Å². The number of rotatable bonds is 3. The van der Waals surface area contributed by atoms with Crippen LogP contribution in [0.5, 0.6) is 5.75 Å². The van der Waals surface area contributed by atoms with Crippen LogP contribution in [-0.4, -0.2) is 21.3 Å². The van der Waals surface area contributed by atoms with Crippen LogP contribution >= 0.6 is 11.6 Å². The normalized spacial score (nSPS) is 11.6. The van der Waals surface area contributed by atoms with Gasteiger partial charge in [0.25, 0.3) is 0 Å². The van der Waals surface area contributed by atoms with Crippen LogP contribution in [0, 0.1) is 0 Å². The van der Waals surface area contributed by atoms with Crippen molar-refractivity contribution in [1.82, 2.24) is 15.0 Å². The molecule has 0 saturated carbocycles. The summed E-state index contributed by atoms with van der Waals surface area (Å²) in [5.74, 6) is -0.365. The lowest BCUT2D eigenvalue weighted by molar-refractivity contribution is -0.274. The van der Waals surface area contributed by atoms with Gasteiger partial charge in [0.1, 0.15) is 12.1 Å². The molecule has 28 heavy (non-hydrogen) atoms. The molecule has 0 aliphatic rings. The minimum absolute atomic E-state index is 0.263. The zero-order valence-corrected chi connectivity index (χ0v) is 14.9. The Bertz CT molecular complexity index is 1160. The van der Waals surface area contributed by atoms with Gasteiger partial charge >= 0.3 is 6.36 Å². The zero-order chi connectivity index (χ0) is 19.7. The van der Waals surface area contributed by atoms with Gasteiger partial charge < -0.3 is 4.74 Å². The number of hydrogen-bond donors (Lipinski definition) is 0. The Hall–Kier alpha value is -3.19. The van der Waals surface area contributed by atoms with E-state index in [1.54, 1.807) is 18.5 Å². The van der Waals surface area contributed by atoms with E-state index in [4.69, 9.17) is 11.6 Å². The highest BCUT2D eigenvalue weighted by Gasteiger charge is 2.31. The second-order valence-corrected chi connectivity index (χ2v) is 6.29. The van der Waals surface area contributed by atoms with Gasteiger partial charge in [0, 0.05) is 28.9 Å². The topological polar surface area (TPSA) is 47.9 Å². The summed E-state index contributed by atoms with van der Waals surface area (Å²) in [5, 5.41) is 1.09. The minimum Gasteiger partial charge on any atom is -0.406 e. The van der Waals surface area contributed by atoms with Gasteiger partial charge in [-0.25, -0.2) is 9.97 Å². The van der Waals surface area contributed by atoms with E-state index in [0.29, 0.717) is 16.8 Å². The van der Waals surface area contributed by atoms with Crippen molar-refractivity contribution >= 4 is 22.5 Å². The summed E-state index contributed by atoms with van der Waals surface area (Å²) in [6.07, 6.45) is -0.0942. The van der Waals surface area contributed by atoms with Crippen molar-refractivity contribution in [2.24, 2.45) is 0 Å². The summed E-state index contributed by atoms with van der Waals surface area (Å²) in [6, 6.07) is 12.9. The van der Waals surface area contributed by atoms with E-state index in [2.05, 4.69) is 19.7 Å². The Morgan fingerprint density at radius 3 is 2.61 bits per heavy atom. The van der Waals surface area contributed by atoms with Gasteiger partial charge in [-0.05, 0) is 42.0 Å². The van der Waals surface area contributed by atoms with Crippen molar-refractivity contribution in [1.29, 1.82) is 0 Å². The zero-order valence-electron chi connectivity index (χ0n) is 14.1. The maximum atomic E-state index is 12.6. The molecule has 0 aliphatic heterocycles. The summed E-state index contributed by atoms with van der Waals surface area (Å²) in [6.45, 7) is 0. The van der Waals surface area contributed by atoms with E-state index in [1.807, 2.05) is 24.3 Å². The first-order chi connectivity index (χ1) is 13.4. The average Bonchev–Trinajstić information content (AvgIpc) is 2.68. The predicted octanol–water partition coefficient (Wildman–Crippen LogP) is 5.91. The lowest BCUT2D eigenvalue weighted by Crippen LogP contribution is -2.17. The Morgan fingerprint density at radius 2 is 1.79 bits per heavy atom. The predicted molar refractivity (Wildman–Crippen MR) is 99.9 cm³/mol. The number of pyridine rings is 1. The standard InChI is InChI=1S/C20H11ClF3N3O/c21-17-5-4-14(28-20(22,23)24)9-16(17)19-15(2-1-7-26-19)12-3-6-18-13(8-12)10-25-11-27-18/h1-11H. The van der Waals surface area contributed by atoms with E-state index in [-0.39, 0.29) is 10.8 Å². The van der Waals surface area contributed by atoms with Crippen LogP contribution in [-0.2, 0) is 0 Å².